The molecule has 1 aromatic heterocycles. The van der Waals surface area contributed by atoms with E-state index in [1.54, 1.807) is 25.3 Å². The van der Waals surface area contributed by atoms with E-state index >= 15 is 4.39 Å². The lowest BCUT2D eigenvalue weighted by Crippen LogP contribution is -2.48. The molecule has 1 unspecified atom stereocenters. The van der Waals surface area contributed by atoms with Crippen LogP contribution in [0.3, 0.4) is 0 Å². The first kappa shape index (κ1) is 26.5. The van der Waals surface area contributed by atoms with E-state index < -0.39 is 17.5 Å². The highest BCUT2D eigenvalue weighted by Crippen LogP contribution is 2.42. The number of piperidine rings is 1. The molecule has 1 aliphatic carbocycles. The number of benzene rings is 1. The van der Waals surface area contributed by atoms with Gasteiger partial charge in [-0.3, -0.25) is 15.0 Å². The number of hydrogen-bond acceptors (Lipinski definition) is 6. The van der Waals surface area contributed by atoms with Crippen LogP contribution in [0.1, 0.15) is 63.1 Å². The molecule has 1 saturated heterocycles. The third-order valence-corrected chi connectivity index (χ3v) is 9.38. The zero-order valence-electron chi connectivity index (χ0n) is 20.3. The minimum absolute atomic E-state index is 0.126. The minimum Gasteiger partial charge on any atom is -0.497 e. The highest BCUT2D eigenvalue weighted by molar-refractivity contribution is 7.99. The summed E-state index contributed by atoms with van der Waals surface area (Å²) >= 11 is 8.45. The third-order valence-electron chi connectivity index (χ3n) is 7.72. The lowest BCUT2D eigenvalue weighted by molar-refractivity contribution is -0.143. The maximum Gasteiger partial charge on any atom is 0.249 e. The van der Waals surface area contributed by atoms with Crippen LogP contribution in [0, 0.1) is 5.41 Å². The van der Waals surface area contributed by atoms with Gasteiger partial charge in [-0.2, -0.15) is 11.8 Å². The summed E-state index contributed by atoms with van der Waals surface area (Å²) < 4.78 is 21.0. The summed E-state index contributed by atoms with van der Waals surface area (Å²) in [6.07, 6.45) is 7.11. The molecule has 1 amide bonds. The van der Waals surface area contributed by atoms with Crippen molar-refractivity contribution >= 4 is 40.2 Å². The Bertz CT molecular complexity index is 1010. The van der Waals surface area contributed by atoms with E-state index in [0.29, 0.717) is 41.5 Å². The first-order valence-corrected chi connectivity index (χ1v) is 13.9. The molecule has 0 bridgehead atoms. The quantitative estimate of drug-likeness (QED) is 0.296. The molecular weight excluding hydrogens is 489 g/mol. The van der Waals surface area contributed by atoms with E-state index in [0.717, 1.165) is 30.6 Å². The number of nitrogens with zero attached hydrogens (tertiary/aromatic N) is 2. The van der Waals surface area contributed by atoms with Crippen molar-refractivity contribution in [3.8, 4) is 5.75 Å². The van der Waals surface area contributed by atoms with E-state index in [1.165, 1.54) is 31.9 Å². The van der Waals surface area contributed by atoms with Crippen LogP contribution >= 0.6 is 23.4 Å². The monoisotopic (exact) mass is 523 g/mol. The number of fused-ring (bicyclic) bond motifs is 1. The van der Waals surface area contributed by atoms with Crippen LogP contribution in [0.25, 0.3) is 10.9 Å². The van der Waals surface area contributed by atoms with Gasteiger partial charge in [0, 0.05) is 34.7 Å². The van der Waals surface area contributed by atoms with Crippen molar-refractivity contribution in [1.29, 1.82) is 0 Å². The van der Waals surface area contributed by atoms with Crippen molar-refractivity contribution in [1.82, 2.24) is 15.4 Å². The third kappa shape index (κ3) is 6.21. The predicted molar refractivity (Wildman–Crippen MR) is 139 cm³/mol. The van der Waals surface area contributed by atoms with Gasteiger partial charge in [0.1, 0.15) is 11.9 Å². The van der Waals surface area contributed by atoms with Crippen LogP contribution in [-0.4, -0.2) is 58.7 Å². The molecule has 1 atom stereocenters. The van der Waals surface area contributed by atoms with E-state index in [4.69, 9.17) is 16.3 Å². The molecule has 6 nitrogen and oxygen atoms in total. The smallest absolute Gasteiger partial charge is 0.249 e. The number of thioether (sulfide) groups is 1. The van der Waals surface area contributed by atoms with Crippen LogP contribution < -0.4 is 10.2 Å². The van der Waals surface area contributed by atoms with E-state index in [1.807, 2.05) is 5.48 Å². The Kier molecular flexibility index (Phi) is 9.13. The molecule has 1 saturated carbocycles. The molecule has 1 aliphatic heterocycles. The fraction of sp³-hybridized carbons (Fsp3) is 0.615. The van der Waals surface area contributed by atoms with Gasteiger partial charge in [0.05, 0.1) is 23.1 Å². The molecule has 2 N–H and O–H groups in total. The Morgan fingerprint density at radius 1 is 1.37 bits per heavy atom. The van der Waals surface area contributed by atoms with Gasteiger partial charge in [0.2, 0.25) is 5.91 Å². The van der Waals surface area contributed by atoms with Gasteiger partial charge in [-0.15, -0.1) is 0 Å². The molecular formula is C26H35ClFN3O3S. The Labute approximate surface area is 215 Å². The Balaban J connectivity index is 1.40. The fourth-order valence-electron chi connectivity index (χ4n) is 5.48. The summed E-state index contributed by atoms with van der Waals surface area (Å²) in [5.41, 5.74) is 2.07. The first-order chi connectivity index (χ1) is 17.0. The maximum absolute atomic E-state index is 15.7. The lowest BCUT2D eigenvalue weighted by atomic mass is 9.73. The molecule has 0 radical (unpaired) electrons. The number of hydrogen-bond donors (Lipinski definition) is 2. The molecule has 2 heterocycles. The van der Waals surface area contributed by atoms with Crippen LogP contribution in [-0.2, 0) is 4.79 Å². The van der Waals surface area contributed by atoms with Crippen molar-refractivity contribution < 1.29 is 19.1 Å². The molecule has 9 heteroatoms. The Morgan fingerprint density at radius 3 is 2.80 bits per heavy atom. The topological polar surface area (TPSA) is 74.7 Å². The van der Waals surface area contributed by atoms with E-state index in [9.17, 15) is 10.0 Å². The number of hydroxylamine groups is 1. The zero-order chi connectivity index (χ0) is 24.8. The first-order valence-electron chi connectivity index (χ1n) is 12.5. The molecule has 2 aromatic rings. The number of amides is 1. The van der Waals surface area contributed by atoms with Gasteiger partial charge >= 0.3 is 0 Å². The van der Waals surface area contributed by atoms with Gasteiger partial charge in [-0.1, -0.05) is 24.4 Å². The van der Waals surface area contributed by atoms with Crippen LogP contribution in [0.5, 0.6) is 5.75 Å². The fourth-order valence-corrected chi connectivity index (χ4v) is 7.11. The van der Waals surface area contributed by atoms with Crippen molar-refractivity contribution in [3.63, 3.8) is 0 Å². The number of nitrogens with one attached hydrogen (secondary N) is 1. The van der Waals surface area contributed by atoms with Crippen LogP contribution in [0.2, 0.25) is 5.02 Å². The number of rotatable bonds is 10. The lowest BCUT2D eigenvalue weighted by Gasteiger charge is -2.40. The van der Waals surface area contributed by atoms with Crippen molar-refractivity contribution in [2.45, 2.75) is 62.8 Å². The maximum atomic E-state index is 15.7. The molecule has 0 spiro atoms. The Hall–Kier alpha value is -1.61. The predicted octanol–water partition coefficient (Wildman–Crippen LogP) is 5.95. The molecule has 2 fully saturated rings. The molecule has 192 valence electrons. The normalized spacial score (nSPS) is 19.7. The molecule has 1 aromatic carbocycles. The second kappa shape index (κ2) is 12.1. The number of likely N-dealkylation sites (tertiary alicyclic amines) is 1. The second-order valence-corrected chi connectivity index (χ2v) is 11.6. The number of ether oxygens (including phenoxy) is 1. The van der Waals surface area contributed by atoms with Gasteiger partial charge in [0.15, 0.2) is 0 Å². The number of pyridine rings is 1. The SMILES string of the molecule is COc1ccc2ncc(Cl)c(C(F)CCC3(C(=O)NO)CCN(CCSC4CCCC4)CC3)c2c1. The number of carbonyl (C=O) groups excluding carboxylic acids is 1. The zero-order valence-corrected chi connectivity index (χ0v) is 21.8. The summed E-state index contributed by atoms with van der Waals surface area (Å²) in [5.74, 6) is 1.29. The highest BCUT2D eigenvalue weighted by Gasteiger charge is 2.41. The number of aromatic nitrogens is 1. The minimum atomic E-state index is -1.37. The van der Waals surface area contributed by atoms with E-state index in [-0.39, 0.29) is 11.4 Å². The van der Waals surface area contributed by atoms with Gasteiger partial charge in [0.25, 0.3) is 0 Å². The van der Waals surface area contributed by atoms with Crippen LogP contribution in [0.15, 0.2) is 24.4 Å². The average Bonchev–Trinajstić information content (AvgIpc) is 3.40. The summed E-state index contributed by atoms with van der Waals surface area (Å²) in [6, 6.07) is 5.30. The van der Waals surface area contributed by atoms with Crippen LogP contribution in [0.4, 0.5) is 4.39 Å². The average molecular weight is 524 g/mol. The largest absolute Gasteiger partial charge is 0.497 e. The van der Waals surface area contributed by atoms with Gasteiger partial charge in [-0.25, -0.2) is 9.87 Å². The number of halogens is 2. The number of methoxy groups -OCH3 is 1. The van der Waals surface area contributed by atoms with Crippen molar-refractivity contribution in [3.05, 3.63) is 35.0 Å². The van der Waals surface area contributed by atoms with E-state index in [2.05, 4.69) is 21.6 Å². The summed E-state index contributed by atoms with van der Waals surface area (Å²) in [5, 5.41) is 11.1. The van der Waals surface area contributed by atoms with Gasteiger partial charge < -0.3 is 9.64 Å². The number of carbonyl (C=O) groups is 1. The summed E-state index contributed by atoms with van der Waals surface area (Å²) in [6.45, 7) is 2.54. The highest BCUT2D eigenvalue weighted by atomic mass is 35.5. The summed E-state index contributed by atoms with van der Waals surface area (Å²) in [7, 11) is 1.56. The second-order valence-electron chi connectivity index (χ2n) is 9.75. The summed E-state index contributed by atoms with van der Waals surface area (Å²) in [4.78, 5) is 19.4. The standard InChI is InChI=1S/C26H35ClFN3O3S/c1-34-18-6-7-23-20(16-18)24(21(27)17-29-23)22(28)8-9-26(25(32)30-33)10-12-31(13-11-26)14-15-35-19-4-2-3-5-19/h6-7,16-17,19,22,33H,2-5,8-15H2,1H3,(H,30,32). The van der Waals surface area contributed by atoms with Crippen molar-refractivity contribution in [2.75, 3.05) is 32.5 Å². The molecule has 35 heavy (non-hydrogen) atoms. The molecule has 2 aliphatic rings. The van der Waals surface area contributed by atoms with Crippen molar-refractivity contribution in [2.24, 2.45) is 5.41 Å². The molecule has 4 rings (SSSR count). The number of alkyl halides is 1. The van der Waals surface area contributed by atoms with Gasteiger partial charge in [-0.05, 0) is 69.8 Å². The Morgan fingerprint density at radius 2 is 2.11 bits per heavy atom.